The van der Waals surface area contributed by atoms with Crippen LogP contribution in [-0.2, 0) is 9.59 Å². The van der Waals surface area contributed by atoms with Crippen LogP contribution in [0.25, 0.3) is 0 Å². The Bertz CT molecular complexity index is 1220. The maximum absolute atomic E-state index is 13.6. The van der Waals surface area contributed by atoms with Gasteiger partial charge in [0.25, 0.3) is 23.4 Å². The molecule has 2 aliphatic carbocycles. The largest absolute Gasteiger partial charge is 0.292 e. The molecule has 35 heavy (non-hydrogen) atoms. The van der Waals surface area contributed by atoms with Gasteiger partial charge in [-0.3, -0.25) is 29.3 Å². The average molecular weight is 605 g/mol. The lowest BCUT2D eigenvalue weighted by molar-refractivity contribution is -0.385. The number of ketones is 1. The number of hydrogen-bond acceptors (Lipinski definition) is 6. The van der Waals surface area contributed by atoms with Gasteiger partial charge in [-0.25, -0.2) is 5.01 Å². The van der Waals surface area contributed by atoms with Crippen molar-refractivity contribution in [2.24, 2.45) is 23.7 Å². The molecule has 0 aromatic heterocycles. The summed E-state index contributed by atoms with van der Waals surface area (Å²) in [4.78, 5) is 64.8. The molecule has 2 saturated carbocycles. The number of nitro benzene ring substituents is 1. The number of alkyl halides is 2. The minimum absolute atomic E-state index is 0.00392. The SMILES string of the molecule is O=C(CN(C(=O)c1ccccc1[N+](=O)[O-])N1C(=O)[C@@H]2[C@H]3C[C@@H]([C@H](Br)[C@H]3Br)[C@@H]2C1=O)c1ccccc1. The highest BCUT2D eigenvalue weighted by Gasteiger charge is 2.67. The van der Waals surface area contributed by atoms with Gasteiger partial charge in [0.1, 0.15) is 12.1 Å². The number of hydrazine groups is 1. The number of nitrogens with zero attached hydrogens (tertiary/aromatic N) is 3. The Labute approximate surface area is 216 Å². The number of carbonyl (C=O) groups is 4. The number of imide groups is 1. The summed E-state index contributed by atoms with van der Waals surface area (Å²) in [5, 5.41) is 13.1. The third kappa shape index (κ3) is 3.72. The molecular weight excluding hydrogens is 586 g/mol. The molecule has 1 aliphatic heterocycles. The Morgan fingerprint density at radius 3 is 2.06 bits per heavy atom. The normalized spacial score (nSPS) is 28.8. The van der Waals surface area contributed by atoms with Crippen LogP contribution in [0.15, 0.2) is 54.6 Å². The van der Waals surface area contributed by atoms with Gasteiger partial charge in [0.2, 0.25) is 0 Å². The molecular formula is C24H19Br2N3O6. The number of para-hydroxylation sites is 1. The van der Waals surface area contributed by atoms with E-state index in [-0.39, 0.29) is 32.6 Å². The van der Waals surface area contributed by atoms with Gasteiger partial charge in [-0.05, 0) is 24.3 Å². The molecule has 0 spiro atoms. The summed E-state index contributed by atoms with van der Waals surface area (Å²) in [7, 11) is 0. The maximum atomic E-state index is 13.6. The standard InChI is InChI=1S/C24H19Br2N3O6/c25-20-14-10-15(21(20)26)19-18(14)23(32)28(24(19)33)27(11-17(30)12-6-2-1-3-7-12)22(31)13-8-4-5-9-16(13)29(34)35/h1-9,14-15,18-21H,10-11H2/t14-,15-,18-,19+,20+,21+/m1/s1. The molecule has 1 saturated heterocycles. The minimum Gasteiger partial charge on any atom is -0.292 e. The third-order valence-corrected chi connectivity index (χ3v) is 10.4. The van der Waals surface area contributed by atoms with Crippen molar-refractivity contribution in [3.05, 3.63) is 75.8 Å². The monoisotopic (exact) mass is 603 g/mol. The third-order valence-electron chi connectivity index (χ3n) is 7.16. The second-order valence-corrected chi connectivity index (χ2v) is 11.0. The van der Waals surface area contributed by atoms with Crippen LogP contribution >= 0.6 is 31.9 Å². The molecule has 5 rings (SSSR count). The van der Waals surface area contributed by atoms with E-state index < -0.39 is 52.5 Å². The van der Waals surface area contributed by atoms with Gasteiger partial charge in [0.15, 0.2) is 5.78 Å². The topological polar surface area (TPSA) is 118 Å². The summed E-state index contributed by atoms with van der Waals surface area (Å²) in [6, 6.07) is 13.4. The minimum atomic E-state index is -0.957. The summed E-state index contributed by atoms with van der Waals surface area (Å²) in [6.45, 7) is -0.614. The Hall–Kier alpha value is -2.92. The molecule has 2 bridgehead atoms. The lowest BCUT2D eigenvalue weighted by atomic mass is 9.81. The van der Waals surface area contributed by atoms with Gasteiger partial charge in [0, 0.05) is 21.3 Å². The molecule has 0 unspecified atom stereocenters. The van der Waals surface area contributed by atoms with Gasteiger partial charge in [-0.2, -0.15) is 5.01 Å². The lowest BCUT2D eigenvalue weighted by Crippen LogP contribution is -2.52. The highest BCUT2D eigenvalue weighted by Crippen LogP contribution is 2.60. The van der Waals surface area contributed by atoms with Crippen LogP contribution in [0.5, 0.6) is 0 Å². The molecule has 3 amide bonds. The molecule has 9 nitrogen and oxygen atoms in total. The fourth-order valence-corrected chi connectivity index (χ4v) is 7.48. The predicted octanol–water partition coefficient (Wildman–Crippen LogP) is 3.61. The first kappa shape index (κ1) is 23.8. The fraction of sp³-hybridized carbons (Fsp3) is 0.333. The summed E-state index contributed by atoms with van der Waals surface area (Å²) in [5.74, 6) is -3.98. The zero-order valence-corrected chi connectivity index (χ0v) is 21.3. The number of hydrogen-bond donors (Lipinski definition) is 0. The highest BCUT2D eigenvalue weighted by atomic mass is 79.9. The van der Waals surface area contributed by atoms with Crippen LogP contribution < -0.4 is 0 Å². The molecule has 3 aliphatic rings. The van der Waals surface area contributed by atoms with E-state index in [1.807, 2.05) is 0 Å². The van der Waals surface area contributed by atoms with Crippen LogP contribution in [-0.4, -0.2) is 54.6 Å². The van der Waals surface area contributed by atoms with E-state index >= 15 is 0 Å². The lowest BCUT2D eigenvalue weighted by Gasteiger charge is -2.30. The smallest absolute Gasteiger partial charge is 0.282 e. The van der Waals surface area contributed by atoms with Gasteiger partial charge < -0.3 is 0 Å². The zero-order valence-electron chi connectivity index (χ0n) is 18.1. The molecule has 180 valence electrons. The summed E-state index contributed by atoms with van der Waals surface area (Å²) < 4.78 is 0. The molecule has 0 N–H and O–H groups in total. The van der Waals surface area contributed by atoms with Crippen LogP contribution in [0.4, 0.5) is 5.69 Å². The second kappa shape index (κ2) is 8.94. The van der Waals surface area contributed by atoms with Crippen molar-refractivity contribution < 1.29 is 24.1 Å². The number of Topliss-reactive ketones (excluding diaryl/α,β-unsaturated/α-hetero) is 1. The van der Waals surface area contributed by atoms with Crippen LogP contribution in [0.3, 0.4) is 0 Å². The molecule has 3 fully saturated rings. The van der Waals surface area contributed by atoms with Gasteiger partial charge in [-0.15, -0.1) is 0 Å². The van der Waals surface area contributed by atoms with E-state index in [4.69, 9.17) is 0 Å². The molecule has 2 aromatic carbocycles. The summed E-state index contributed by atoms with van der Waals surface area (Å²) >= 11 is 7.25. The first-order chi connectivity index (χ1) is 16.7. The number of benzene rings is 2. The number of halogens is 2. The Morgan fingerprint density at radius 1 is 0.943 bits per heavy atom. The van der Waals surface area contributed by atoms with E-state index in [9.17, 15) is 29.3 Å². The molecule has 2 aromatic rings. The van der Waals surface area contributed by atoms with Crippen molar-refractivity contribution in [2.45, 2.75) is 16.1 Å². The van der Waals surface area contributed by atoms with E-state index in [1.165, 1.54) is 18.2 Å². The van der Waals surface area contributed by atoms with Crippen molar-refractivity contribution in [2.75, 3.05) is 6.54 Å². The van der Waals surface area contributed by atoms with Crippen LogP contribution in [0.1, 0.15) is 27.1 Å². The Kier molecular flexibility index (Phi) is 6.08. The number of fused-ring (bicyclic) bond motifs is 5. The van der Waals surface area contributed by atoms with Gasteiger partial charge >= 0.3 is 0 Å². The quantitative estimate of drug-likeness (QED) is 0.163. The number of amides is 3. The first-order valence-electron chi connectivity index (χ1n) is 11.0. The van der Waals surface area contributed by atoms with Crippen LogP contribution in [0, 0.1) is 33.8 Å². The zero-order chi connectivity index (χ0) is 25.0. The number of rotatable bonds is 6. The van der Waals surface area contributed by atoms with Crippen molar-refractivity contribution in [3.8, 4) is 0 Å². The van der Waals surface area contributed by atoms with E-state index in [2.05, 4.69) is 31.9 Å². The summed E-state index contributed by atoms with van der Waals surface area (Å²) in [6.07, 6.45) is 0.702. The van der Waals surface area contributed by atoms with Crippen molar-refractivity contribution >= 4 is 61.1 Å². The van der Waals surface area contributed by atoms with E-state index in [1.54, 1.807) is 30.3 Å². The molecule has 11 heteroatoms. The Morgan fingerprint density at radius 2 is 1.49 bits per heavy atom. The molecule has 1 heterocycles. The second-order valence-electron chi connectivity index (χ2n) is 8.92. The number of nitro groups is 1. The Balaban J connectivity index is 1.55. The predicted molar refractivity (Wildman–Crippen MR) is 131 cm³/mol. The van der Waals surface area contributed by atoms with Gasteiger partial charge in [0.05, 0.1) is 16.8 Å². The van der Waals surface area contributed by atoms with Crippen molar-refractivity contribution in [3.63, 3.8) is 0 Å². The van der Waals surface area contributed by atoms with Gasteiger partial charge in [-0.1, -0.05) is 74.3 Å². The molecule has 6 atom stereocenters. The number of carbonyl (C=O) groups excluding carboxylic acids is 4. The van der Waals surface area contributed by atoms with Crippen LogP contribution in [0.2, 0.25) is 0 Å². The van der Waals surface area contributed by atoms with Crippen molar-refractivity contribution in [1.29, 1.82) is 0 Å². The summed E-state index contributed by atoms with van der Waals surface area (Å²) in [5.41, 5.74) is -0.501. The van der Waals surface area contributed by atoms with E-state index in [0.29, 0.717) is 6.42 Å². The fourth-order valence-electron chi connectivity index (χ4n) is 5.61. The molecule has 0 radical (unpaired) electrons. The highest BCUT2D eigenvalue weighted by molar-refractivity contribution is 9.12. The van der Waals surface area contributed by atoms with E-state index in [0.717, 1.165) is 16.1 Å². The maximum Gasteiger partial charge on any atom is 0.282 e. The first-order valence-corrected chi connectivity index (χ1v) is 12.8. The van der Waals surface area contributed by atoms with Crippen molar-refractivity contribution in [1.82, 2.24) is 10.0 Å². The average Bonchev–Trinajstić information content (AvgIpc) is 3.47.